The van der Waals surface area contributed by atoms with Crippen LogP contribution in [0.2, 0.25) is 0 Å². The lowest BCUT2D eigenvalue weighted by atomic mass is 9.98. The second kappa shape index (κ2) is 11.3. The van der Waals surface area contributed by atoms with E-state index in [-0.39, 0.29) is 0 Å². The van der Waals surface area contributed by atoms with Crippen LogP contribution in [-0.2, 0) is 0 Å². The van der Waals surface area contributed by atoms with Gasteiger partial charge >= 0.3 is 6.01 Å². The molecule has 0 atom stereocenters. The third-order valence-corrected chi connectivity index (χ3v) is 12.1. The zero-order chi connectivity index (χ0) is 35.3. The Bertz CT molecular complexity index is 3380. The van der Waals surface area contributed by atoms with Crippen molar-refractivity contribution in [2.45, 2.75) is 0 Å². The van der Waals surface area contributed by atoms with Crippen LogP contribution in [0.3, 0.4) is 0 Å². The molecule has 0 amide bonds. The molecular weight excluding hydrogens is 679 g/mol. The maximum absolute atomic E-state index is 7.02. The van der Waals surface area contributed by atoms with Crippen molar-refractivity contribution in [2.24, 2.45) is 0 Å². The number of thiophene rings is 1. The van der Waals surface area contributed by atoms with Gasteiger partial charge < -0.3 is 8.98 Å². The topological polar surface area (TPSA) is 35.9 Å². The first-order valence-electron chi connectivity index (χ1n) is 18.2. The van der Waals surface area contributed by atoms with E-state index < -0.39 is 0 Å². The number of oxazole rings is 1. The van der Waals surface area contributed by atoms with Crippen molar-refractivity contribution in [3.05, 3.63) is 176 Å². The Labute approximate surface area is 313 Å². The number of fused-ring (bicyclic) bond motifs is 11. The lowest BCUT2D eigenvalue weighted by Gasteiger charge is -2.09. The van der Waals surface area contributed by atoms with Crippen molar-refractivity contribution in [2.75, 3.05) is 0 Å². The fourth-order valence-electron chi connectivity index (χ4n) is 8.56. The van der Waals surface area contributed by atoms with Gasteiger partial charge in [0, 0.05) is 53.0 Å². The van der Waals surface area contributed by atoms with Crippen molar-refractivity contribution >= 4 is 86.2 Å². The van der Waals surface area contributed by atoms with Crippen LogP contribution in [0.5, 0.6) is 0 Å². The fourth-order valence-corrected chi connectivity index (χ4v) is 9.71. The summed E-state index contributed by atoms with van der Waals surface area (Å²) >= 11 is 1.81. The van der Waals surface area contributed by atoms with Gasteiger partial charge in [0.15, 0.2) is 5.58 Å². The first kappa shape index (κ1) is 29.6. The van der Waals surface area contributed by atoms with E-state index in [1.54, 1.807) is 0 Å². The Balaban J connectivity index is 1.11. The van der Waals surface area contributed by atoms with Gasteiger partial charge in [-0.25, -0.2) is 0 Å². The molecule has 0 aliphatic rings. The van der Waals surface area contributed by atoms with Gasteiger partial charge in [-0.1, -0.05) is 127 Å². The molecule has 0 fully saturated rings. The molecule has 0 spiro atoms. The van der Waals surface area contributed by atoms with E-state index in [1.807, 2.05) is 11.3 Å². The minimum absolute atomic E-state index is 0.561. The second-order valence-electron chi connectivity index (χ2n) is 13.9. The Kier molecular flexibility index (Phi) is 6.18. The largest absolute Gasteiger partial charge is 0.422 e. The van der Waals surface area contributed by atoms with Crippen LogP contribution >= 0.6 is 11.3 Å². The molecule has 12 rings (SSSR count). The van der Waals surface area contributed by atoms with Crippen LogP contribution in [0.1, 0.15) is 0 Å². The number of hydrogen-bond acceptors (Lipinski definition) is 3. The van der Waals surface area contributed by atoms with E-state index in [2.05, 4.69) is 185 Å². The Hall–Kier alpha value is -6.95. The standard InChI is InChI=1S/C49H29N3OS/c1-2-12-30(13-3-1)31-22-24-32(25-23-31)38-29-45-46(37-17-7-11-21-44(37)54-45)47-48(38)53-49(50-47)52-42-20-10-6-16-36(42)39-28-33(26-27-43(39)52)51-40-18-8-4-14-34(40)35-15-5-9-19-41(35)51/h1-29H. The van der Waals surface area contributed by atoms with Crippen LogP contribution in [0, 0.1) is 0 Å². The second-order valence-corrected chi connectivity index (χ2v) is 15.0. The minimum atomic E-state index is 0.561. The van der Waals surface area contributed by atoms with Crippen LogP contribution in [0.15, 0.2) is 180 Å². The molecule has 12 aromatic rings. The SMILES string of the molecule is c1ccc(-c2ccc(-c3cc4sc5ccccc5c4c4nc(-n5c6ccccc6c6cc(-n7c8ccccc8c8ccccc87)ccc65)oc34)cc2)cc1. The van der Waals surface area contributed by atoms with Crippen LogP contribution in [0.4, 0.5) is 0 Å². The molecule has 0 saturated heterocycles. The number of para-hydroxylation sites is 3. The summed E-state index contributed by atoms with van der Waals surface area (Å²) in [6, 6.07) is 63.5. The molecule has 0 bridgehead atoms. The summed E-state index contributed by atoms with van der Waals surface area (Å²) in [5.74, 6) is 0. The first-order valence-corrected chi connectivity index (χ1v) is 19.0. The summed E-state index contributed by atoms with van der Waals surface area (Å²) in [5, 5.41) is 7.14. The highest BCUT2D eigenvalue weighted by Gasteiger charge is 2.23. The number of aromatic nitrogens is 3. The highest BCUT2D eigenvalue weighted by atomic mass is 32.1. The predicted octanol–water partition coefficient (Wildman–Crippen LogP) is 13.7. The third kappa shape index (κ3) is 4.21. The fraction of sp³-hybridized carbons (Fsp3) is 0. The van der Waals surface area contributed by atoms with Gasteiger partial charge in [0.25, 0.3) is 0 Å². The van der Waals surface area contributed by atoms with E-state index >= 15 is 0 Å². The van der Waals surface area contributed by atoms with E-state index in [9.17, 15) is 0 Å². The Morgan fingerprint density at radius 3 is 1.70 bits per heavy atom. The summed E-state index contributed by atoms with van der Waals surface area (Å²) in [5.41, 5.74) is 11.8. The molecule has 252 valence electrons. The number of benzene rings is 8. The van der Waals surface area contributed by atoms with Crippen LogP contribution in [0.25, 0.3) is 109 Å². The van der Waals surface area contributed by atoms with Crippen LogP contribution < -0.4 is 0 Å². The molecule has 0 unspecified atom stereocenters. The van der Waals surface area contributed by atoms with Gasteiger partial charge in [0.1, 0.15) is 5.52 Å². The molecule has 54 heavy (non-hydrogen) atoms. The molecule has 0 saturated carbocycles. The monoisotopic (exact) mass is 707 g/mol. The predicted molar refractivity (Wildman–Crippen MR) is 226 cm³/mol. The minimum Gasteiger partial charge on any atom is -0.422 e. The normalized spacial score (nSPS) is 12.1. The summed E-state index contributed by atoms with van der Waals surface area (Å²) in [7, 11) is 0. The highest BCUT2D eigenvalue weighted by molar-refractivity contribution is 7.26. The van der Waals surface area contributed by atoms with Gasteiger partial charge in [-0.3, -0.25) is 4.57 Å². The van der Waals surface area contributed by atoms with Gasteiger partial charge in [0.05, 0.1) is 22.1 Å². The molecule has 5 heteroatoms. The number of nitrogens with zero attached hydrogens (tertiary/aromatic N) is 3. The lowest BCUT2D eigenvalue weighted by molar-refractivity contribution is 0.575. The third-order valence-electron chi connectivity index (χ3n) is 11.0. The highest BCUT2D eigenvalue weighted by Crippen LogP contribution is 2.45. The lowest BCUT2D eigenvalue weighted by Crippen LogP contribution is -1.95. The van der Waals surface area contributed by atoms with Gasteiger partial charge in [0.2, 0.25) is 0 Å². The van der Waals surface area contributed by atoms with Crippen molar-refractivity contribution < 1.29 is 4.42 Å². The maximum atomic E-state index is 7.02. The van der Waals surface area contributed by atoms with E-state index in [1.165, 1.54) is 47.7 Å². The summed E-state index contributed by atoms with van der Waals surface area (Å²) in [6.45, 7) is 0. The Morgan fingerprint density at radius 1 is 0.426 bits per heavy atom. The van der Waals surface area contributed by atoms with Gasteiger partial charge in [-0.15, -0.1) is 11.3 Å². The number of rotatable bonds is 4. The molecule has 8 aromatic carbocycles. The summed E-state index contributed by atoms with van der Waals surface area (Å²) in [6.07, 6.45) is 0. The molecule has 0 aliphatic heterocycles. The quantitative estimate of drug-likeness (QED) is 0.183. The smallest absolute Gasteiger partial charge is 0.307 e. The zero-order valence-corrected chi connectivity index (χ0v) is 29.7. The van der Waals surface area contributed by atoms with Crippen molar-refractivity contribution in [1.29, 1.82) is 0 Å². The molecule has 0 aliphatic carbocycles. The molecule has 0 N–H and O–H groups in total. The molecule has 4 aromatic heterocycles. The number of hydrogen-bond donors (Lipinski definition) is 0. The average molecular weight is 708 g/mol. The molecule has 4 heterocycles. The summed E-state index contributed by atoms with van der Waals surface area (Å²) in [4.78, 5) is 5.41. The Morgan fingerprint density at radius 2 is 0.981 bits per heavy atom. The van der Waals surface area contributed by atoms with Crippen molar-refractivity contribution in [1.82, 2.24) is 14.1 Å². The summed E-state index contributed by atoms with van der Waals surface area (Å²) < 4.78 is 14.0. The molecule has 4 nitrogen and oxygen atoms in total. The van der Waals surface area contributed by atoms with Crippen molar-refractivity contribution in [3.63, 3.8) is 0 Å². The average Bonchev–Trinajstić information content (AvgIpc) is 4.00. The molecular formula is C49H29N3OS. The zero-order valence-electron chi connectivity index (χ0n) is 28.9. The van der Waals surface area contributed by atoms with E-state index in [0.717, 1.165) is 55.1 Å². The van der Waals surface area contributed by atoms with Gasteiger partial charge in [-0.05, 0) is 65.2 Å². The van der Waals surface area contributed by atoms with E-state index in [4.69, 9.17) is 9.40 Å². The van der Waals surface area contributed by atoms with Gasteiger partial charge in [-0.2, -0.15) is 4.98 Å². The molecule has 0 radical (unpaired) electrons. The van der Waals surface area contributed by atoms with E-state index in [0.29, 0.717) is 6.01 Å². The first-order chi connectivity index (χ1) is 26.8. The van der Waals surface area contributed by atoms with Crippen molar-refractivity contribution in [3.8, 4) is 34.0 Å². The maximum Gasteiger partial charge on any atom is 0.307 e. The van der Waals surface area contributed by atoms with Crippen LogP contribution in [-0.4, -0.2) is 14.1 Å².